The molecule has 0 saturated heterocycles. The third-order valence-electron chi connectivity index (χ3n) is 4.69. The van der Waals surface area contributed by atoms with E-state index in [1.165, 1.54) is 41.5 Å². The highest BCUT2D eigenvalue weighted by Crippen LogP contribution is 2.26. The third kappa shape index (κ3) is 4.21. The van der Waals surface area contributed by atoms with Crippen molar-refractivity contribution in [2.24, 2.45) is 0 Å². The number of carbonyl (C=O) groups is 1. The van der Waals surface area contributed by atoms with Crippen LogP contribution in [-0.2, 0) is 23.4 Å². The van der Waals surface area contributed by atoms with Gasteiger partial charge in [-0.15, -0.1) is 11.8 Å². The molecule has 0 heterocycles. The molecule has 0 unspecified atom stereocenters. The van der Waals surface area contributed by atoms with Crippen LogP contribution < -0.4 is 5.32 Å². The second-order valence-electron chi connectivity index (χ2n) is 6.55. The molecule has 2 atom stereocenters. The fraction of sp³-hybridized carbons (Fsp3) is 0.381. The van der Waals surface area contributed by atoms with Gasteiger partial charge in [-0.25, -0.2) is 0 Å². The molecule has 2 aromatic carbocycles. The van der Waals surface area contributed by atoms with Crippen LogP contribution in [0.1, 0.15) is 48.6 Å². The van der Waals surface area contributed by atoms with Crippen molar-refractivity contribution in [2.75, 3.05) is 0 Å². The van der Waals surface area contributed by atoms with E-state index in [0.29, 0.717) is 0 Å². The Hall–Kier alpha value is -1.74. The van der Waals surface area contributed by atoms with Gasteiger partial charge in [0.15, 0.2) is 0 Å². The number of hydrogen-bond acceptors (Lipinski definition) is 2. The number of hydrogen-bond donors (Lipinski definition) is 1. The van der Waals surface area contributed by atoms with Crippen molar-refractivity contribution in [1.29, 1.82) is 0 Å². The van der Waals surface area contributed by atoms with Crippen LogP contribution in [0.3, 0.4) is 0 Å². The lowest BCUT2D eigenvalue weighted by Crippen LogP contribution is -2.33. The first kappa shape index (κ1) is 17.1. The van der Waals surface area contributed by atoms with Crippen LogP contribution >= 0.6 is 11.8 Å². The molecule has 3 heteroatoms. The Labute approximate surface area is 149 Å². The SMILES string of the molecule is C[C@H](SCc1ccccc1)C(=O)N[C@@H](C)c1ccc2c(c1)CCC2. The number of rotatable bonds is 6. The molecule has 0 fully saturated rings. The molecule has 0 aliphatic heterocycles. The molecule has 2 aromatic rings. The lowest BCUT2D eigenvalue weighted by molar-refractivity contribution is -0.120. The van der Waals surface area contributed by atoms with Gasteiger partial charge in [-0.05, 0) is 55.4 Å². The standard InChI is InChI=1S/C21H25NOS/c1-15(19-12-11-18-9-6-10-20(18)13-19)22-21(23)16(2)24-14-17-7-4-3-5-8-17/h3-5,7-8,11-13,15-16H,6,9-10,14H2,1-2H3,(H,22,23)/t15-,16-/m0/s1. The van der Waals surface area contributed by atoms with Gasteiger partial charge >= 0.3 is 0 Å². The summed E-state index contributed by atoms with van der Waals surface area (Å²) in [7, 11) is 0. The van der Waals surface area contributed by atoms with Gasteiger partial charge in [0.2, 0.25) is 5.91 Å². The summed E-state index contributed by atoms with van der Waals surface area (Å²) in [6.07, 6.45) is 3.63. The van der Waals surface area contributed by atoms with Gasteiger partial charge < -0.3 is 5.32 Å². The fourth-order valence-electron chi connectivity index (χ4n) is 3.15. The van der Waals surface area contributed by atoms with Crippen molar-refractivity contribution in [1.82, 2.24) is 5.32 Å². The van der Waals surface area contributed by atoms with E-state index in [4.69, 9.17) is 0 Å². The Bertz CT molecular complexity index is 698. The number of thioether (sulfide) groups is 1. The molecule has 1 amide bonds. The fourth-order valence-corrected chi connectivity index (χ4v) is 4.00. The van der Waals surface area contributed by atoms with Crippen LogP contribution in [0, 0.1) is 0 Å². The van der Waals surface area contributed by atoms with Crippen LogP contribution in [-0.4, -0.2) is 11.2 Å². The maximum absolute atomic E-state index is 12.4. The third-order valence-corrected chi connectivity index (χ3v) is 5.91. The predicted octanol–water partition coefficient (Wildman–Crippen LogP) is 4.67. The molecule has 3 rings (SSSR count). The Kier molecular flexibility index (Phi) is 5.62. The van der Waals surface area contributed by atoms with Crippen molar-refractivity contribution in [3.8, 4) is 0 Å². The maximum Gasteiger partial charge on any atom is 0.233 e. The number of aryl methyl sites for hydroxylation is 2. The van der Waals surface area contributed by atoms with Crippen LogP contribution in [0.15, 0.2) is 48.5 Å². The predicted molar refractivity (Wildman–Crippen MR) is 102 cm³/mol. The lowest BCUT2D eigenvalue weighted by atomic mass is 10.0. The van der Waals surface area contributed by atoms with Crippen LogP contribution in [0.25, 0.3) is 0 Å². The monoisotopic (exact) mass is 339 g/mol. The minimum absolute atomic E-state index is 0.0536. The second-order valence-corrected chi connectivity index (χ2v) is 7.88. The maximum atomic E-state index is 12.4. The zero-order valence-electron chi connectivity index (χ0n) is 14.4. The van der Waals surface area contributed by atoms with Gasteiger partial charge in [0.1, 0.15) is 0 Å². The van der Waals surface area contributed by atoms with E-state index in [2.05, 4.69) is 42.6 Å². The lowest BCUT2D eigenvalue weighted by Gasteiger charge is -2.18. The van der Waals surface area contributed by atoms with E-state index in [1.807, 2.05) is 25.1 Å². The molecular weight excluding hydrogens is 314 g/mol. The van der Waals surface area contributed by atoms with Gasteiger partial charge in [-0.3, -0.25) is 4.79 Å². The minimum atomic E-state index is -0.0536. The highest BCUT2D eigenvalue weighted by molar-refractivity contribution is 7.99. The van der Waals surface area contributed by atoms with Gasteiger partial charge in [-0.1, -0.05) is 48.5 Å². The van der Waals surface area contributed by atoms with Crippen molar-refractivity contribution < 1.29 is 4.79 Å². The summed E-state index contributed by atoms with van der Waals surface area (Å²) < 4.78 is 0. The van der Waals surface area contributed by atoms with Crippen molar-refractivity contribution >= 4 is 17.7 Å². The highest BCUT2D eigenvalue weighted by atomic mass is 32.2. The van der Waals surface area contributed by atoms with E-state index in [0.717, 1.165) is 5.75 Å². The average molecular weight is 340 g/mol. The van der Waals surface area contributed by atoms with Gasteiger partial charge in [0.25, 0.3) is 0 Å². The molecule has 2 nitrogen and oxygen atoms in total. The van der Waals surface area contributed by atoms with Crippen LogP contribution in [0.4, 0.5) is 0 Å². The molecule has 1 N–H and O–H groups in total. The molecule has 1 aliphatic carbocycles. The van der Waals surface area contributed by atoms with E-state index in [1.54, 1.807) is 11.8 Å². The first-order valence-electron chi connectivity index (χ1n) is 8.71. The summed E-state index contributed by atoms with van der Waals surface area (Å²) in [4.78, 5) is 12.4. The quantitative estimate of drug-likeness (QED) is 0.828. The molecular formula is C21H25NOS. The number of fused-ring (bicyclic) bond motifs is 1. The Morgan fingerprint density at radius 3 is 2.62 bits per heavy atom. The van der Waals surface area contributed by atoms with E-state index in [-0.39, 0.29) is 17.2 Å². The Morgan fingerprint density at radius 1 is 1.08 bits per heavy atom. The van der Waals surface area contributed by atoms with Gasteiger partial charge in [0.05, 0.1) is 11.3 Å². The molecule has 0 aromatic heterocycles. The molecule has 24 heavy (non-hydrogen) atoms. The second kappa shape index (κ2) is 7.89. The van der Waals surface area contributed by atoms with E-state index < -0.39 is 0 Å². The minimum Gasteiger partial charge on any atom is -0.349 e. The summed E-state index contributed by atoms with van der Waals surface area (Å²) in [6.45, 7) is 4.06. The molecule has 0 bridgehead atoms. The largest absolute Gasteiger partial charge is 0.349 e. The molecule has 0 radical (unpaired) electrons. The molecule has 1 aliphatic rings. The first-order chi connectivity index (χ1) is 11.6. The van der Waals surface area contributed by atoms with E-state index >= 15 is 0 Å². The van der Waals surface area contributed by atoms with Gasteiger partial charge in [-0.2, -0.15) is 0 Å². The van der Waals surface area contributed by atoms with Gasteiger partial charge in [0, 0.05) is 5.75 Å². The molecule has 0 spiro atoms. The summed E-state index contributed by atoms with van der Waals surface area (Å²) >= 11 is 1.68. The molecule has 0 saturated carbocycles. The summed E-state index contributed by atoms with van der Waals surface area (Å²) in [5, 5.41) is 3.11. The summed E-state index contributed by atoms with van der Waals surface area (Å²) in [6, 6.07) is 17.0. The number of nitrogens with one attached hydrogen (secondary N) is 1. The highest BCUT2D eigenvalue weighted by Gasteiger charge is 2.18. The Balaban J connectivity index is 1.53. The average Bonchev–Trinajstić information content (AvgIpc) is 3.08. The summed E-state index contributed by atoms with van der Waals surface area (Å²) in [5.74, 6) is 0.978. The normalized spacial score (nSPS) is 15.6. The smallest absolute Gasteiger partial charge is 0.233 e. The number of carbonyl (C=O) groups excluding carboxylic acids is 1. The topological polar surface area (TPSA) is 29.1 Å². The Morgan fingerprint density at radius 2 is 1.83 bits per heavy atom. The zero-order valence-corrected chi connectivity index (χ0v) is 15.2. The number of amides is 1. The number of benzene rings is 2. The van der Waals surface area contributed by atoms with Crippen molar-refractivity contribution in [3.05, 3.63) is 70.8 Å². The zero-order chi connectivity index (χ0) is 16.9. The molecule has 126 valence electrons. The van der Waals surface area contributed by atoms with Crippen molar-refractivity contribution in [2.45, 2.75) is 50.2 Å². The first-order valence-corrected chi connectivity index (χ1v) is 9.76. The van der Waals surface area contributed by atoms with Crippen LogP contribution in [0.2, 0.25) is 0 Å². The van der Waals surface area contributed by atoms with Crippen LogP contribution in [0.5, 0.6) is 0 Å². The van der Waals surface area contributed by atoms with Crippen molar-refractivity contribution in [3.63, 3.8) is 0 Å². The van der Waals surface area contributed by atoms with E-state index in [9.17, 15) is 4.79 Å². The summed E-state index contributed by atoms with van der Waals surface area (Å²) in [5.41, 5.74) is 5.40.